The first-order valence-corrected chi connectivity index (χ1v) is 3.56. The highest BCUT2D eigenvalue weighted by Gasteiger charge is 2.05. The second kappa shape index (κ2) is 4.18. The zero-order chi connectivity index (χ0) is 9.68. The van der Waals surface area contributed by atoms with Gasteiger partial charge in [0.1, 0.15) is 5.69 Å². The highest BCUT2D eigenvalue weighted by molar-refractivity contribution is 5.95. The van der Waals surface area contributed by atoms with Crippen LogP contribution in [0.5, 0.6) is 0 Å². The molecule has 0 atom stereocenters. The molecule has 6 heteroatoms. The molecule has 0 radical (unpaired) electrons. The molecule has 0 saturated carbocycles. The molecule has 0 N–H and O–H groups in total. The normalized spacial score (nSPS) is 9.00. The van der Waals surface area contributed by atoms with Crippen molar-refractivity contribution >= 4 is 5.78 Å². The molecular formula is C7H7N5O. The van der Waals surface area contributed by atoms with E-state index in [9.17, 15) is 4.79 Å². The van der Waals surface area contributed by atoms with Crippen molar-refractivity contribution in [1.29, 1.82) is 0 Å². The molecule has 0 aliphatic rings. The van der Waals surface area contributed by atoms with Crippen molar-refractivity contribution in [1.82, 2.24) is 9.97 Å². The Hall–Kier alpha value is -1.94. The number of aromatic nitrogens is 2. The van der Waals surface area contributed by atoms with Crippen molar-refractivity contribution in [2.75, 3.05) is 6.54 Å². The van der Waals surface area contributed by atoms with E-state index in [0.717, 1.165) is 5.69 Å². The fraction of sp³-hybridized carbons (Fsp3) is 0.286. The summed E-state index contributed by atoms with van der Waals surface area (Å²) in [4.78, 5) is 21.3. The number of Topliss-reactive ketones (excluding diaryl/α,β-unsaturated/α-hetero) is 1. The Morgan fingerprint density at radius 3 is 2.92 bits per heavy atom. The predicted molar refractivity (Wildman–Crippen MR) is 45.1 cm³/mol. The predicted octanol–water partition coefficient (Wildman–Crippen LogP) is 1.28. The monoisotopic (exact) mass is 177 g/mol. The number of hydrogen-bond acceptors (Lipinski definition) is 4. The summed E-state index contributed by atoms with van der Waals surface area (Å²) in [6.45, 7) is 1.56. The van der Waals surface area contributed by atoms with Gasteiger partial charge in [0.25, 0.3) is 0 Å². The molecule has 0 fully saturated rings. The summed E-state index contributed by atoms with van der Waals surface area (Å²) in [6, 6.07) is 0. The smallest absolute Gasteiger partial charge is 0.188 e. The Morgan fingerprint density at radius 1 is 1.62 bits per heavy atom. The Balaban J connectivity index is 2.77. The van der Waals surface area contributed by atoms with Gasteiger partial charge in [-0.2, -0.15) is 0 Å². The first kappa shape index (κ1) is 9.15. The van der Waals surface area contributed by atoms with E-state index >= 15 is 0 Å². The van der Waals surface area contributed by atoms with Crippen molar-refractivity contribution in [3.8, 4) is 0 Å². The number of hydrogen-bond donors (Lipinski definition) is 0. The molecule has 6 nitrogen and oxygen atoms in total. The molecular weight excluding hydrogens is 170 g/mol. The third kappa shape index (κ3) is 2.53. The third-order valence-corrected chi connectivity index (χ3v) is 1.34. The fourth-order valence-corrected chi connectivity index (χ4v) is 0.713. The van der Waals surface area contributed by atoms with E-state index in [-0.39, 0.29) is 18.0 Å². The van der Waals surface area contributed by atoms with Gasteiger partial charge in [0, 0.05) is 11.1 Å². The van der Waals surface area contributed by atoms with Gasteiger partial charge < -0.3 is 0 Å². The first-order chi connectivity index (χ1) is 6.24. The lowest BCUT2D eigenvalue weighted by Crippen LogP contribution is -2.06. The summed E-state index contributed by atoms with van der Waals surface area (Å²) in [5.74, 6) is -0.328. The van der Waals surface area contributed by atoms with E-state index < -0.39 is 0 Å². The average molecular weight is 177 g/mol. The minimum Gasteiger partial charge on any atom is -0.292 e. The van der Waals surface area contributed by atoms with Crippen molar-refractivity contribution in [2.24, 2.45) is 5.11 Å². The van der Waals surface area contributed by atoms with E-state index in [2.05, 4.69) is 20.0 Å². The minimum absolute atomic E-state index is 0.214. The molecule has 1 rings (SSSR count). The highest BCUT2D eigenvalue weighted by atomic mass is 16.1. The number of carbonyl (C=O) groups excluding carboxylic acids is 1. The molecule has 0 bridgehead atoms. The Labute approximate surface area is 74.3 Å². The molecule has 66 valence electrons. The molecule has 0 aromatic carbocycles. The van der Waals surface area contributed by atoms with E-state index in [1.807, 2.05) is 0 Å². The summed E-state index contributed by atoms with van der Waals surface area (Å²) in [6.07, 6.45) is 2.86. The molecule has 0 saturated heterocycles. The van der Waals surface area contributed by atoms with E-state index in [1.165, 1.54) is 12.4 Å². The van der Waals surface area contributed by atoms with E-state index in [4.69, 9.17) is 5.53 Å². The van der Waals surface area contributed by atoms with Crippen LogP contribution < -0.4 is 0 Å². The number of rotatable bonds is 3. The standard InChI is InChI=1S/C7H7N5O/c1-5-2-10-6(3-9-5)7(13)4-11-12-8/h2-3H,4H2,1H3. The van der Waals surface area contributed by atoms with Crippen LogP contribution in [-0.2, 0) is 0 Å². The van der Waals surface area contributed by atoms with Crippen LogP contribution in [0, 0.1) is 6.92 Å². The zero-order valence-electron chi connectivity index (χ0n) is 7.01. The van der Waals surface area contributed by atoms with Crippen molar-refractivity contribution in [2.45, 2.75) is 6.92 Å². The molecule has 13 heavy (non-hydrogen) atoms. The molecule has 0 aliphatic heterocycles. The van der Waals surface area contributed by atoms with Crippen LogP contribution in [0.1, 0.15) is 16.2 Å². The van der Waals surface area contributed by atoms with Crippen LogP contribution in [0.3, 0.4) is 0 Å². The lowest BCUT2D eigenvalue weighted by atomic mass is 10.3. The maximum atomic E-state index is 11.1. The van der Waals surface area contributed by atoms with Gasteiger partial charge in [-0.15, -0.1) is 0 Å². The number of aryl methyl sites for hydroxylation is 1. The van der Waals surface area contributed by atoms with Crippen LogP contribution in [0.4, 0.5) is 0 Å². The van der Waals surface area contributed by atoms with E-state index in [0.29, 0.717) is 0 Å². The minimum atomic E-state index is -0.328. The van der Waals surface area contributed by atoms with Gasteiger partial charge >= 0.3 is 0 Å². The maximum absolute atomic E-state index is 11.1. The van der Waals surface area contributed by atoms with Crippen molar-refractivity contribution in [3.05, 3.63) is 34.2 Å². The summed E-state index contributed by atoms with van der Waals surface area (Å²) in [7, 11) is 0. The van der Waals surface area contributed by atoms with E-state index in [1.54, 1.807) is 6.92 Å². The largest absolute Gasteiger partial charge is 0.292 e. The Morgan fingerprint density at radius 2 is 2.38 bits per heavy atom. The second-order valence-corrected chi connectivity index (χ2v) is 2.36. The quantitative estimate of drug-likeness (QED) is 0.301. The molecule has 1 aromatic heterocycles. The van der Waals surface area contributed by atoms with Crippen molar-refractivity contribution in [3.63, 3.8) is 0 Å². The van der Waals surface area contributed by atoms with Crippen LogP contribution in [0.15, 0.2) is 17.5 Å². The van der Waals surface area contributed by atoms with Crippen molar-refractivity contribution < 1.29 is 4.79 Å². The van der Waals surface area contributed by atoms with Gasteiger partial charge in [0.15, 0.2) is 5.78 Å². The molecule has 0 spiro atoms. The molecule has 1 aromatic rings. The van der Waals surface area contributed by atoms with Crippen LogP contribution in [-0.4, -0.2) is 22.3 Å². The zero-order valence-corrected chi connectivity index (χ0v) is 7.01. The number of ketones is 1. The summed E-state index contributed by atoms with van der Waals surface area (Å²) in [5.41, 5.74) is 8.93. The summed E-state index contributed by atoms with van der Waals surface area (Å²) in [5, 5.41) is 3.13. The van der Waals surface area contributed by atoms with Gasteiger partial charge in [-0.3, -0.25) is 9.78 Å². The van der Waals surface area contributed by atoms with Gasteiger partial charge in [-0.05, 0) is 12.5 Å². The van der Waals surface area contributed by atoms with Crippen LogP contribution >= 0.6 is 0 Å². The number of carbonyl (C=O) groups is 1. The molecule has 1 heterocycles. The lowest BCUT2D eigenvalue weighted by Gasteiger charge is -1.95. The van der Waals surface area contributed by atoms with Gasteiger partial charge in [0.2, 0.25) is 0 Å². The first-order valence-electron chi connectivity index (χ1n) is 3.56. The summed E-state index contributed by atoms with van der Waals surface area (Å²) < 4.78 is 0. The molecule has 0 unspecified atom stereocenters. The number of nitrogens with zero attached hydrogens (tertiary/aromatic N) is 5. The van der Waals surface area contributed by atoms with Gasteiger partial charge in [0.05, 0.1) is 18.4 Å². The third-order valence-electron chi connectivity index (χ3n) is 1.34. The Bertz CT molecular complexity index is 352. The molecule has 0 amide bonds. The molecule has 0 aliphatic carbocycles. The summed E-state index contributed by atoms with van der Waals surface area (Å²) >= 11 is 0. The maximum Gasteiger partial charge on any atom is 0.188 e. The van der Waals surface area contributed by atoms with Crippen LogP contribution in [0.25, 0.3) is 10.4 Å². The Kier molecular flexibility index (Phi) is 2.94. The number of azide groups is 1. The van der Waals surface area contributed by atoms with Gasteiger partial charge in [-0.25, -0.2) is 4.98 Å². The SMILES string of the molecule is Cc1cnc(C(=O)CN=[N+]=[N-])cn1. The van der Waals surface area contributed by atoms with Crippen LogP contribution in [0.2, 0.25) is 0 Å². The topological polar surface area (TPSA) is 91.6 Å². The van der Waals surface area contributed by atoms with Gasteiger partial charge in [-0.1, -0.05) is 5.11 Å². The second-order valence-electron chi connectivity index (χ2n) is 2.36. The average Bonchev–Trinajstić information content (AvgIpc) is 2.15. The highest BCUT2D eigenvalue weighted by Crippen LogP contribution is 1.95. The fourth-order valence-electron chi connectivity index (χ4n) is 0.713. The lowest BCUT2D eigenvalue weighted by molar-refractivity contribution is 0.0996.